The van der Waals surface area contributed by atoms with E-state index >= 15 is 0 Å². The van der Waals surface area contributed by atoms with Crippen molar-refractivity contribution in [3.05, 3.63) is 205 Å². The molecule has 48 heavy (non-hydrogen) atoms. The number of furan rings is 1. The van der Waals surface area contributed by atoms with Gasteiger partial charge >= 0.3 is 0 Å². The molecule has 1 heterocycles. The maximum absolute atomic E-state index is 8.50. The molecule has 1 heteroatoms. The van der Waals surface area contributed by atoms with Gasteiger partial charge in [0, 0.05) is 16.7 Å². The largest absolute Gasteiger partial charge is 0.456 e. The molecule has 0 radical (unpaired) electrons. The van der Waals surface area contributed by atoms with Crippen molar-refractivity contribution >= 4 is 32.7 Å². The second-order valence-electron chi connectivity index (χ2n) is 12.2. The van der Waals surface area contributed by atoms with E-state index in [0.29, 0.717) is 5.56 Å². The molecule has 0 bridgehead atoms. The number of hydrogen-bond acceptors (Lipinski definition) is 1. The Labute approximate surface area is 287 Å². The van der Waals surface area contributed by atoms with Gasteiger partial charge in [-0.3, -0.25) is 0 Å². The van der Waals surface area contributed by atoms with Gasteiger partial charge in [-0.05, 0) is 85.1 Å². The minimum Gasteiger partial charge on any atom is -0.456 e. The normalized spacial score (nSPS) is 13.5. The van der Waals surface area contributed by atoms with Crippen molar-refractivity contribution in [3.8, 4) is 33.4 Å². The molecule has 1 nitrogen and oxygen atoms in total. The molecule has 0 fully saturated rings. The van der Waals surface area contributed by atoms with E-state index in [1.165, 1.54) is 0 Å². The van der Waals surface area contributed by atoms with E-state index in [9.17, 15) is 0 Å². The first kappa shape index (κ1) is 23.2. The average Bonchev–Trinajstić information content (AvgIpc) is 3.58. The van der Waals surface area contributed by atoms with Crippen LogP contribution >= 0.6 is 0 Å². The summed E-state index contributed by atoms with van der Waals surface area (Å²) < 4.78 is 47.4. The summed E-state index contributed by atoms with van der Waals surface area (Å²) in [7, 11) is 0. The van der Waals surface area contributed by atoms with Gasteiger partial charge in [0.15, 0.2) is 0 Å². The highest BCUT2D eigenvalue weighted by atomic mass is 16.3. The molecule has 0 aliphatic carbocycles. The zero-order valence-electron chi connectivity index (χ0n) is 31.0. The molecule has 0 saturated carbocycles. The van der Waals surface area contributed by atoms with Crippen molar-refractivity contribution in [1.29, 1.82) is 0 Å². The van der Waals surface area contributed by atoms with E-state index in [4.69, 9.17) is 11.3 Å². The smallest absolute Gasteiger partial charge is 0.135 e. The Morgan fingerprint density at radius 3 is 1.69 bits per heavy atom. The Bertz CT molecular complexity index is 2790. The number of rotatable bonds is 6. The first-order chi connectivity index (χ1) is 25.8. The summed E-state index contributed by atoms with van der Waals surface area (Å²) in [5.41, 5.74) is 10.4. The average molecular weight is 618 g/mol. The van der Waals surface area contributed by atoms with E-state index < -0.39 is 6.04 Å². The molecule has 0 spiro atoms. The summed E-state index contributed by atoms with van der Waals surface area (Å²) in [4.78, 5) is 0. The minimum atomic E-state index is -0.393. The van der Waals surface area contributed by atoms with Crippen molar-refractivity contribution in [3.63, 3.8) is 0 Å². The van der Waals surface area contributed by atoms with Gasteiger partial charge < -0.3 is 4.42 Å². The fourth-order valence-corrected chi connectivity index (χ4v) is 6.84. The highest BCUT2D eigenvalue weighted by molar-refractivity contribution is 6.06. The van der Waals surface area contributed by atoms with Crippen LogP contribution in [0.4, 0.5) is 0 Å². The third-order valence-electron chi connectivity index (χ3n) is 9.29. The fraction of sp³-hybridized carbons (Fsp3) is 0.0213. The Morgan fingerprint density at radius 2 is 0.917 bits per heavy atom. The zero-order chi connectivity index (χ0) is 36.2. The molecule has 0 saturated heterocycles. The van der Waals surface area contributed by atoms with Crippen LogP contribution in [0.3, 0.4) is 0 Å². The molecule has 1 unspecified atom stereocenters. The van der Waals surface area contributed by atoms with Crippen molar-refractivity contribution < 1.29 is 11.3 Å². The zero-order valence-corrected chi connectivity index (χ0v) is 26.0. The van der Waals surface area contributed by atoms with Crippen LogP contribution in [0.2, 0.25) is 0 Å². The van der Waals surface area contributed by atoms with Crippen LogP contribution in [0.25, 0.3) is 66.1 Å². The molecule has 1 aromatic heterocycles. The summed E-state index contributed by atoms with van der Waals surface area (Å²) in [5.74, 6) is -0.116. The summed E-state index contributed by atoms with van der Waals surface area (Å²) >= 11 is 0. The summed E-state index contributed by atoms with van der Waals surface area (Å²) in [6.45, 7) is 0. The molecule has 0 amide bonds. The molecular formula is C47H32O. The van der Waals surface area contributed by atoms with Gasteiger partial charge in [0.25, 0.3) is 0 Å². The predicted octanol–water partition coefficient (Wildman–Crippen LogP) is 12.9. The number of fused-ring (bicyclic) bond motifs is 4. The van der Waals surface area contributed by atoms with E-state index in [1.807, 2.05) is 60.7 Å². The van der Waals surface area contributed by atoms with Crippen molar-refractivity contribution in [1.82, 2.24) is 0 Å². The molecule has 0 aliphatic heterocycles. The van der Waals surface area contributed by atoms with E-state index in [2.05, 4.69) is 97.1 Å². The maximum atomic E-state index is 8.50. The SMILES string of the molecule is [2H]c1c([2H])c([2H])c(-c2ccc(C(c3ccc(-c4ccccc4)cc3)c3ccc4cc(-c5ccc6oc7ccccc7c6c5)ccc4c3)cc2)c([2H])c1[2H]. The Morgan fingerprint density at radius 1 is 0.375 bits per heavy atom. The second-order valence-corrected chi connectivity index (χ2v) is 12.2. The third-order valence-corrected chi connectivity index (χ3v) is 9.29. The first-order valence-corrected chi connectivity index (χ1v) is 16.1. The minimum absolute atomic E-state index is 0.116. The standard InChI is InChI=1S/C47H32O/c1-3-9-32(10-4-1)34-15-19-36(20-16-34)47(37-21-17-35(18-22-37)33-11-5-2-6-12-33)42-26-25-38-29-39(23-24-40(38)30-42)41-27-28-46-44(31-41)43-13-7-8-14-45(43)48-46/h1-31,47H/i1D,3D,4D,9D,10D. The molecule has 9 rings (SSSR count). The maximum Gasteiger partial charge on any atom is 0.135 e. The van der Waals surface area contributed by atoms with Crippen LogP contribution in [0, 0.1) is 0 Å². The van der Waals surface area contributed by atoms with Crippen molar-refractivity contribution in [2.45, 2.75) is 5.92 Å². The van der Waals surface area contributed by atoms with Gasteiger partial charge in [-0.15, -0.1) is 0 Å². The van der Waals surface area contributed by atoms with Crippen LogP contribution in [0.15, 0.2) is 192 Å². The highest BCUT2D eigenvalue weighted by Crippen LogP contribution is 2.37. The van der Waals surface area contributed by atoms with Gasteiger partial charge in [0.1, 0.15) is 11.2 Å². The second kappa shape index (κ2) is 11.9. The van der Waals surface area contributed by atoms with Gasteiger partial charge in [0.2, 0.25) is 0 Å². The molecule has 0 aliphatic rings. The van der Waals surface area contributed by atoms with Crippen molar-refractivity contribution in [2.24, 2.45) is 0 Å². The number of hydrogen-bond donors (Lipinski definition) is 0. The first-order valence-electron chi connectivity index (χ1n) is 18.6. The van der Waals surface area contributed by atoms with E-state index in [0.717, 1.165) is 71.7 Å². The van der Waals surface area contributed by atoms with Crippen molar-refractivity contribution in [2.75, 3.05) is 0 Å². The summed E-state index contributed by atoms with van der Waals surface area (Å²) in [5, 5.41) is 4.48. The number of benzene rings is 8. The van der Waals surface area contributed by atoms with Gasteiger partial charge in [-0.2, -0.15) is 0 Å². The lowest BCUT2D eigenvalue weighted by molar-refractivity contribution is 0.669. The van der Waals surface area contributed by atoms with Crippen LogP contribution < -0.4 is 0 Å². The van der Waals surface area contributed by atoms with Gasteiger partial charge in [0.05, 0.1) is 6.85 Å². The third kappa shape index (κ3) is 5.16. The molecule has 0 N–H and O–H groups in total. The van der Waals surface area contributed by atoms with Crippen LogP contribution in [0.1, 0.15) is 29.5 Å². The lowest BCUT2D eigenvalue weighted by atomic mass is 9.83. The van der Waals surface area contributed by atoms with Crippen LogP contribution in [-0.4, -0.2) is 0 Å². The predicted molar refractivity (Wildman–Crippen MR) is 201 cm³/mol. The topological polar surface area (TPSA) is 13.1 Å². The molecule has 226 valence electrons. The quantitative estimate of drug-likeness (QED) is 0.169. The van der Waals surface area contributed by atoms with Gasteiger partial charge in [-0.25, -0.2) is 0 Å². The van der Waals surface area contributed by atoms with Crippen LogP contribution in [0.5, 0.6) is 0 Å². The van der Waals surface area contributed by atoms with E-state index in [1.54, 1.807) is 0 Å². The lowest BCUT2D eigenvalue weighted by Crippen LogP contribution is -2.03. The molecule has 9 aromatic rings. The summed E-state index contributed by atoms with van der Waals surface area (Å²) in [6, 6.07) is 53.0. The summed E-state index contributed by atoms with van der Waals surface area (Å²) in [6.07, 6.45) is 0. The highest BCUT2D eigenvalue weighted by Gasteiger charge is 2.18. The lowest BCUT2D eigenvalue weighted by Gasteiger charge is -2.21. The fourth-order valence-electron chi connectivity index (χ4n) is 6.84. The Balaban J connectivity index is 1.12. The van der Waals surface area contributed by atoms with Crippen LogP contribution in [-0.2, 0) is 0 Å². The Hall–Kier alpha value is -6.18. The van der Waals surface area contributed by atoms with E-state index in [-0.39, 0.29) is 35.7 Å². The monoisotopic (exact) mass is 617 g/mol. The molecule has 8 aromatic carbocycles. The Kier molecular flexibility index (Phi) is 5.74. The van der Waals surface area contributed by atoms with Gasteiger partial charge in [-0.1, -0.05) is 164 Å². The molecular weight excluding hydrogens is 581 g/mol. The number of para-hydroxylation sites is 1. The molecule has 1 atom stereocenters.